The van der Waals surface area contributed by atoms with Gasteiger partial charge in [0.1, 0.15) is 12.7 Å². The SMILES string of the molecule is CC(C)N(CCCO)c1nc(NN)nc(-n2cncn2)n1. The molecule has 2 rings (SSSR count). The van der Waals surface area contributed by atoms with Crippen LogP contribution in [0.5, 0.6) is 0 Å². The first-order valence-electron chi connectivity index (χ1n) is 6.61. The van der Waals surface area contributed by atoms with Crippen LogP contribution in [0.4, 0.5) is 11.9 Å². The molecule has 4 N–H and O–H groups in total. The molecule has 0 aromatic carbocycles. The Labute approximate surface area is 122 Å². The minimum atomic E-state index is 0.103. The van der Waals surface area contributed by atoms with Crippen molar-refractivity contribution in [1.29, 1.82) is 0 Å². The molecule has 2 heterocycles. The van der Waals surface area contributed by atoms with Crippen molar-refractivity contribution < 1.29 is 5.11 Å². The molecule has 0 saturated carbocycles. The number of aliphatic hydroxyl groups is 1. The van der Waals surface area contributed by atoms with E-state index in [1.165, 1.54) is 17.3 Å². The molecule has 0 unspecified atom stereocenters. The molecule has 10 nitrogen and oxygen atoms in total. The van der Waals surface area contributed by atoms with E-state index in [0.717, 1.165) is 0 Å². The second-order valence-electron chi connectivity index (χ2n) is 4.61. The summed E-state index contributed by atoms with van der Waals surface area (Å²) >= 11 is 0. The Morgan fingerprint density at radius 2 is 2.19 bits per heavy atom. The molecule has 0 amide bonds. The van der Waals surface area contributed by atoms with Gasteiger partial charge in [-0.05, 0) is 20.3 Å². The van der Waals surface area contributed by atoms with Crippen molar-refractivity contribution in [3.8, 4) is 5.95 Å². The van der Waals surface area contributed by atoms with Gasteiger partial charge >= 0.3 is 0 Å². The van der Waals surface area contributed by atoms with Crippen LogP contribution in [-0.2, 0) is 0 Å². The number of aromatic nitrogens is 6. The van der Waals surface area contributed by atoms with E-state index in [2.05, 4.69) is 30.5 Å². The summed E-state index contributed by atoms with van der Waals surface area (Å²) in [5, 5.41) is 13.0. The summed E-state index contributed by atoms with van der Waals surface area (Å²) < 4.78 is 1.43. The third kappa shape index (κ3) is 3.61. The Bertz CT molecular complexity index is 557. The fourth-order valence-corrected chi connectivity index (χ4v) is 1.79. The van der Waals surface area contributed by atoms with Crippen molar-refractivity contribution in [2.45, 2.75) is 26.3 Å². The van der Waals surface area contributed by atoms with Crippen LogP contribution in [0.25, 0.3) is 5.95 Å². The van der Waals surface area contributed by atoms with Crippen LogP contribution in [0.1, 0.15) is 20.3 Å². The molecule has 0 saturated heterocycles. The molecule has 0 atom stereocenters. The zero-order valence-electron chi connectivity index (χ0n) is 12.0. The van der Waals surface area contributed by atoms with Crippen LogP contribution in [0.3, 0.4) is 0 Å². The van der Waals surface area contributed by atoms with E-state index in [-0.39, 0.29) is 18.6 Å². The summed E-state index contributed by atoms with van der Waals surface area (Å²) in [7, 11) is 0. The number of hydrogen-bond acceptors (Lipinski definition) is 9. The Balaban J connectivity index is 2.39. The van der Waals surface area contributed by atoms with Gasteiger partial charge in [-0.1, -0.05) is 0 Å². The Morgan fingerprint density at radius 3 is 2.76 bits per heavy atom. The van der Waals surface area contributed by atoms with Crippen LogP contribution < -0.4 is 16.2 Å². The van der Waals surface area contributed by atoms with E-state index < -0.39 is 0 Å². The van der Waals surface area contributed by atoms with Gasteiger partial charge in [0, 0.05) is 19.2 Å². The fourth-order valence-electron chi connectivity index (χ4n) is 1.79. The summed E-state index contributed by atoms with van der Waals surface area (Å²) in [6.45, 7) is 4.77. The molecule has 114 valence electrons. The highest BCUT2D eigenvalue weighted by molar-refractivity contribution is 5.40. The second kappa shape index (κ2) is 6.90. The Hall–Kier alpha value is -2.33. The number of aliphatic hydroxyl groups excluding tert-OH is 1. The topological polar surface area (TPSA) is 131 Å². The molecular formula is C11H19N9O. The highest BCUT2D eigenvalue weighted by atomic mass is 16.3. The first-order valence-corrected chi connectivity index (χ1v) is 6.61. The molecule has 0 spiro atoms. The maximum Gasteiger partial charge on any atom is 0.258 e. The quantitative estimate of drug-likeness (QED) is 0.449. The fraction of sp³-hybridized carbons (Fsp3) is 0.545. The van der Waals surface area contributed by atoms with Crippen molar-refractivity contribution in [2.75, 3.05) is 23.5 Å². The number of anilines is 2. The molecule has 0 bridgehead atoms. The lowest BCUT2D eigenvalue weighted by molar-refractivity contribution is 0.288. The largest absolute Gasteiger partial charge is 0.396 e. The summed E-state index contributed by atoms with van der Waals surface area (Å²) in [6.07, 6.45) is 3.51. The maximum absolute atomic E-state index is 9.01. The number of hydrazine groups is 1. The number of nitrogens with two attached hydrogens (primary N) is 1. The Morgan fingerprint density at radius 1 is 1.38 bits per heavy atom. The van der Waals surface area contributed by atoms with E-state index in [0.29, 0.717) is 24.9 Å². The molecule has 21 heavy (non-hydrogen) atoms. The molecule has 0 aliphatic heterocycles. The first-order chi connectivity index (χ1) is 10.2. The maximum atomic E-state index is 9.01. The van der Waals surface area contributed by atoms with Gasteiger partial charge in [-0.15, -0.1) is 0 Å². The monoisotopic (exact) mass is 293 g/mol. The zero-order chi connectivity index (χ0) is 15.2. The number of hydrogen-bond donors (Lipinski definition) is 3. The van der Waals surface area contributed by atoms with Crippen molar-refractivity contribution in [1.82, 2.24) is 29.7 Å². The van der Waals surface area contributed by atoms with Crippen LogP contribution >= 0.6 is 0 Å². The van der Waals surface area contributed by atoms with Gasteiger partial charge in [0.2, 0.25) is 11.9 Å². The van der Waals surface area contributed by atoms with Crippen LogP contribution in [0.2, 0.25) is 0 Å². The molecule has 0 radical (unpaired) electrons. The predicted molar refractivity (Wildman–Crippen MR) is 76.7 cm³/mol. The lowest BCUT2D eigenvalue weighted by Crippen LogP contribution is -2.34. The van der Waals surface area contributed by atoms with E-state index in [4.69, 9.17) is 10.9 Å². The summed E-state index contributed by atoms with van der Waals surface area (Å²) in [4.78, 5) is 18.6. The third-order valence-corrected chi connectivity index (χ3v) is 2.80. The zero-order valence-corrected chi connectivity index (χ0v) is 12.0. The lowest BCUT2D eigenvalue weighted by atomic mass is 10.3. The number of nitrogen functional groups attached to an aromatic ring is 1. The summed E-state index contributed by atoms with van der Waals surface area (Å²) in [5.74, 6) is 6.43. The van der Waals surface area contributed by atoms with Crippen molar-refractivity contribution >= 4 is 11.9 Å². The molecule has 2 aromatic heterocycles. The number of nitrogens with zero attached hydrogens (tertiary/aromatic N) is 7. The van der Waals surface area contributed by atoms with Crippen molar-refractivity contribution in [3.05, 3.63) is 12.7 Å². The molecule has 2 aromatic rings. The van der Waals surface area contributed by atoms with E-state index in [1.54, 1.807) is 0 Å². The molecule has 0 aliphatic rings. The number of rotatable bonds is 7. The normalized spacial score (nSPS) is 10.9. The van der Waals surface area contributed by atoms with E-state index in [1.807, 2.05) is 18.7 Å². The van der Waals surface area contributed by atoms with Crippen molar-refractivity contribution in [3.63, 3.8) is 0 Å². The lowest BCUT2D eigenvalue weighted by Gasteiger charge is -2.26. The minimum absolute atomic E-state index is 0.103. The first kappa shape index (κ1) is 15.1. The van der Waals surface area contributed by atoms with E-state index in [9.17, 15) is 0 Å². The molecule has 0 aliphatic carbocycles. The Kier molecular flexibility index (Phi) is 4.95. The van der Waals surface area contributed by atoms with Crippen molar-refractivity contribution in [2.24, 2.45) is 5.84 Å². The van der Waals surface area contributed by atoms with Gasteiger partial charge in [-0.25, -0.2) is 10.8 Å². The summed E-state index contributed by atoms with van der Waals surface area (Å²) in [5.41, 5.74) is 2.42. The van der Waals surface area contributed by atoms with Gasteiger partial charge in [-0.3, -0.25) is 5.43 Å². The van der Waals surface area contributed by atoms with Gasteiger partial charge in [0.25, 0.3) is 5.95 Å². The molecule has 10 heteroatoms. The molecular weight excluding hydrogens is 274 g/mol. The summed E-state index contributed by atoms with van der Waals surface area (Å²) in [6, 6.07) is 0.160. The van der Waals surface area contributed by atoms with Gasteiger partial charge in [-0.2, -0.15) is 24.7 Å². The average Bonchev–Trinajstić information content (AvgIpc) is 3.01. The molecule has 0 fully saturated rings. The highest BCUT2D eigenvalue weighted by Crippen LogP contribution is 2.15. The smallest absolute Gasteiger partial charge is 0.258 e. The predicted octanol–water partition coefficient (Wildman–Crippen LogP) is -0.665. The van der Waals surface area contributed by atoms with E-state index >= 15 is 0 Å². The second-order valence-corrected chi connectivity index (χ2v) is 4.61. The minimum Gasteiger partial charge on any atom is -0.396 e. The van der Waals surface area contributed by atoms with Crippen LogP contribution in [-0.4, -0.2) is 54.0 Å². The average molecular weight is 293 g/mol. The van der Waals surface area contributed by atoms with Gasteiger partial charge in [0.15, 0.2) is 0 Å². The van der Waals surface area contributed by atoms with Gasteiger partial charge < -0.3 is 10.0 Å². The van der Waals surface area contributed by atoms with Gasteiger partial charge in [0.05, 0.1) is 0 Å². The number of nitrogens with one attached hydrogen (secondary N) is 1. The third-order valence-electron chi connectivity index (χ3n) is 2.80. The standard InChI is InChI=1S/C11H19N9O/c1-8(2)19(4-3-5-21)10-15-9(18-12)16-11(17-10)20-7-13-6-14-20/h6-8,21H,3-5,12H2,1-2H3,(H,15,16,17,18). The highest BCUT2D eigenvalue weighted by Gasteiger charge is 2.17. The van der Waals surface area contributed by atoms with Crippen LogP contribution in [0, 0.1) is 0 Å². The van der Waals surface area contributed by atoms with Crippen LogP contribution in [0.15, 0.2) is 12.7 Å².